The van der Waals surface area contributed by atoms with Gasteiger partial charge in [0, 0.05) is 24.4 Å². The van der Waals surface area contributed by atoms with Crippen molar-refractivity contribution in [2.75, 3.05) is 13.2 Å². The van der Waals surface area contributed by atoms with Crippen molar-refractivity contribution in [3.05, 3.63) is 42.5 Å². The van der Waals surface area contributed by atoms with Crippen molar-refractivity contribution in [1.82, 2.24) is 5.32 Å². The van der Waals surface area contributed by atoms with Crippen molar-refractivity contribution in [3.63, 3.8) is 0 Å². The summed E-state index contributed by atoms with van der Waals surface area (Å²) in [5, 5.41) is 24.1. The second-order valence-electron chi connectivity index (χ2n) is 6.39. The standard InChI is InChI=1S/C20H27NO4/c1-15(7-2-5-12-20(23)24)21-13-17(22)14-25-19-11-6-9-16-8-3-4-10-18(16)19/h3-4,6,8-11,15,17,21-22H,2,5,7,12-14H2,1H3,(H,23,24). The lowest BCUT2D eigenvalue weighted by atomic mass is 10.1. The Morgan fingerprint density at radius 3 is 2.72 bits per heavy atom. The van der Waals surface area contributed by atoms with Gasteiger partial charge in [-0.05, 0) is 31.2 Å². The van der Waals surface area contributed by atoms with E-state index in [0.29, 0.717) is 13.0 Å². The van der Waals surface area contributed by atoms with E-state index in [2.05, 4.69) is 5.32 Å². The molecule has 3 N–H and O–H groups in total. The summed E-state index contributed by atoms with van der Waals surface area (Å²) in [7, 11) is 0. The number of unbranched alkanes of at least 4 members (excludes halogenated alkanes) is 1. The Labute approximate surface area is 148 Å². The second-order valence-corrected chi connectivity index (χ2v) is 6.39. The number of ether oxygens (including phenoxy) is 1. The second kappa shape index (κ2) is 10.0. The van der Waals surface area contributed by atoms with Crippen molar-refractivity contribution in [1.29, 1.82) is 0 Å². The van der Waals surface area contributed by atoms with Crippen molar-refractivity contribution < 1.29 is 19.7 Å². The molecular formula is C20H27NO4. The zero-order valence-corrected chi connectivity index (χ0v) is 14.6. The summed E-state index contributed by atoms with van der Waals surface area (Å²) in [6, 6.07) is 14.1. The minimum Gasteiger partial charge on any atom is -0.490 e. The van der Waals surface area contributed by atoms with Crippen LogP contribution in [0, 0.1) is 0 Å². The van der Waals surface area contributed by atoms with Crippen LogP contribution in [-0.2, 0) is 4.79 Å². The number of hydrogen-bond donors (Lipinski definition) is 3. The van der Waals surface area contributed by atoms with Gasteiger partial charge in [0.25, 0.3) is 0 Å². The smallest absolute Gasteiger partial charge is 0.303 e. The molecule has 0 heterocycles. The van der Waals surface area contributed by atoms with E-state index in [-0.39, 0.29) is 19.1 Å². The molecule has 2 aromatic carbocycles. The van der Waals surface area contributed by atoms with E-state index < -0.39 is 12.1 Å². The van der Waals surface area contributed by atoms with Gasteiger partial charge in [0.1, 0.15) is 18.5 Å². The molecule has 2 aromatic rings. The zero-order valence-electron chi connectivity index (χ0n) is 14.6. The number of carbonyl (C=O) groups is 1. The minimum atomic E-state index is -0.749. The van der Waals surface area contributed by atoms with Crippen LogP contribution in [0.3, 0.4) is 0 Å². The van der Waals surface area contributed by atoms with Gasteiger partial charge < -0.3 is 20.3 Å². The van der Waals surface area contributed by atoms with Gasteiger partial charge in [-0.3, -0.25) is 4.79 Å². The normalized spacial score (nSPS) is 13.5. The van der Waals surface area contributed by atoms with Crippen molar-refractivity contribution >= 4 is 16.7 Å². The first kappa shape index (κ1) is 19.2. The van der Waals surface area contributed by atoms with Crippen LogP contribution in [0.15, 0.2) is 42.5 Å². The van der Waals surface area contributed by atoms with E-state index in [1.807, 2.05) is 49.4 Å². The van der Waals surface area contributed by atoms with Crippen LogP contribution < -0.4 is 10.1 Å². The molecule has 0 amide bonds. The lowest BCUT2D eigenvalue weighted by Gasteiger charge is -2.18. The Morgan fingerprint density at radius 1 is 1.16 bits per heavy atom. The molecule has 2 atom stereocenters. The molecule has 0 bridgehead atoms. The molecule has 0 aliphatic heterocycles. The molecule has 5 nitrogen and oxygen atoms in total. The van der Waals surface area contributed by atoms with Gasteiger partial charge in [0.2, 0.25) is 0 Å². The molecule has 0 aliphatic carbocycles. The lowest BCUT2D eigenvalue weighted by Crippen LogP contribution is -2.36. The maximum Gasteiger partial charge on any atom is 0.303 e. The third kappa shape index (κ3) is 6.72. The van der Waals surface area contributed by atoms with Crippen LogP contribution in [0.5, 0.6) is 5.75 Å². The third-order valence-corrected chi connectivity index (χ3v) is 4.16. The van der Waals surface area contributed by atoms with E-state index >= 15 is 0 Å². The predicted octanol–water partition coefficient (Wildman–Crippen LogP) is 3.20. The minimum absolute atomic E-state index is 0.216. The molecule has 0 aromatic heterocycles. The Balaban J connectivity index is 1.70. The van der Waals surface area contributed by atoms with Gasteiger partial charge in [-0.1, -0.05) is 42.8 Å². The van der Waals surface area contributed by atoms with Gasteiger partial charge in [0.15, 0.2) is 0 Å². The lowest BCUT2D eigenvalue weighted by molar-refractivity contribution is -0.137. The predicted molar refractivity (Wildman–Crippen MR) is 99.0 cm³/mol. The Morgan fingerprint density at radius 2 is 1.92 bits per heavy atom. The van der Waals surface area contributed by atoms with Gasteiger partial charge >= 0.3 is 5.97 Å². The molecule has 0 fully saturated rings. The molecule has 0 spiro atoms. The number of nitrogens with one attached hydrogen (secondary N) is 1. The van der Waals surface area contributed by atoms with E-state index in [1.54, 1.807) is 0 Å². The van der Waals surface area contributed by atoms with Crippen LogP contribution >= 0.6 is 0 Å². The van der Waals surface area contributed by atoms with Gasteiger partial charge in [-0.25, -0.2) is 0 Å². The average Bonchev–Trinajstić information content (AvgIpc) is 2.61. The van der Waals surface area contributed by atoms with Crippen LogP contribution in [-0.4, -0.2) is 41.5 Å². The fourth-order valence-corrected chi connectivity index (χ4v) is 2.73. The highest BCUT2D eigenvalue weighted by atomic mass is 16.5. The first-order valence-electron chi connectivity index (χ1n) is 8.80. The highest BCUT2D eigenvalue weighted by molar-refractivity contribution is 5.88. The zero-order chi connectivity index (χ0) is 18.1. The maximum absolute atomic E-state index is 10.5. The number of rotatable bonds is 11. The molecule has 0 radical (unpaired) electrons. The monoisotopic (exact) mass is 345 g/mol. The van der Waals surface area contributed by atoms with E-state index in [0.717, 1.165) is 29.4 Å². The highest BCUT2D eigenvalue weighted by Gasteiger charge is 2.09. The molecule has 5 heteroatoms. The molecule has 0 saturated heterocycles. The van der Waals surface area contributed by atoms with E-state index in [1.165, 1.54) is 0 Å². The summed E-state index contributed by atoms with van der Waals surface area (Å²) in [4.78, 5) is 10.5. The molecular weight excluding hydrogens is 318 g/mol. The number of fused-ring (bicyclic) bond motifs is 1. The SMILES string of the molecule is CC(CCCCC(=O)O)NCC(O)COc1cccc2ccccc12. The third-order valence-electron chi connectivity index (χ3n) is 4.16. The van der Waals surface area contributed by atoms with Crippen LogP contribution in [0.4, 0.5) is 0 Å². The number of aliphatic hydroxyl groups is 1. The summed E-state index contributed by atoms with van der Waals surface area (Å²) in [5.41, 5.74) is 0. The van der Waals surface area contributed by atoms with Crippen LogP contribution in [0.2, 0.25) is 0 Å². The number of carboxylic acid groups (broad SMARTS) is 1. The van der Waals surface area contributed by atoms with Gasteiger partial charge in [-0.15, -0.1) is 0 Å². The average molecular weight is 345 g/mol. The summed E-state index contributed by atoms with van der Waals surface area (Å²) < 4.78 is 5.78. The molecule has 0 saturated carbocycles. The number of aliphatic carboxylic acids is 1. The Kier molecular flexibility index (Phi) is 7.70. The van der Waals surface area contributed by atoms with Gasteiger partial charge in [0.05, 0.1) is 0 Å². The molecule has 136 valence electrons. The number of benzene rings is 2. The van der Waals surface area contributed by atoms with Gasteiger partial charge in [-0.2, -0.15) is 0 Å². The largest absolute Gasteiger partial charge is 0.490 e. The topological polar surface area (TPSA) is 78.8 Å². The molecule has 2 rings (SSSR count). The van der Waals surface area contributed by atoms with Crippen molar-refractivity contribution in [2.24, 2.45) is 0 Å². The first-order valence-corrected chi connectivity index (χ1v) is 8.80. The molecule has 2 unspecified atom stereocenters. The summed E-state index contributed by atoms with van der Waals surface area (Å²) >= 11 is 0. The number of aliphatic hydroxyl groups excluding tert-OH is 1. The van der Waals surface area contributed by atoms with E-state index in [9.17, 15) is 9.90 Å². The quantitative estimate of drug-likeness (QED) is 0.545. The summed E-state index contributed by atoms with van der Waals surface area (Å²) in [5.74, 6) is 0.0282. The van der Waals surface area contributed by atoms with E-state index in [4.69, 9.17) is 9.84 Å². The number of carboxylic acids is 1. The van der Waals surface area contributed by atoms with Crippen molar-refractivity contribution in [3.8, 4) is 5.75 Å². The summed E-state index contributed by atoms with van der Waals surface area (Å²) in [6.45, 7) is 2.72. The van der Waals surface area contributed by atoms with Crippen LogP contribution in [0.25, 0.3) is 10.8 Å². The summed E-state index contributed by atoms with van der Waals surface area (Å²) in [6.07, 6.45) is 2.07. The first-order chi connectivity index (χ1) is 12.1. The fraction of sp³-hybridized carbons (Fsp3) is 0.450. The Hall–Kier alpha value is -2.11. The maximum atomic E-state index is 10.5. The van der Waals surface area contributed by atoms with Crippen LogP contribution in [0.1, 0.15) is 32.6 Å². The fourth-order valence-electron chi connectivity index (χ4n) is 2.73. The molecule has 0 aliphatic rings. The highest BCUT2D eigenvalue weighted by Crippen LogP contribution is 2.25. The number of hydrogen-bond acceptors (Lipinski definition) is 4. The molecule has 25 heavy (non-hydrogen) atoms. The Bertz CT molecular complexity index is 668. The van der Waals surface area contributed by atoms with Crippen molar-refractivity contribution in [2.45, 2.75) is 44.8 Å².